The second kappa shape index (κ2) is 10.7. The minimum atomic E-state index is -0.112. The number of aliphatic hydroxyl groups is 1. The molecule has 0 aliphatic heterocycles. The molecule has 2 N–H and O–H groups in total. The molecule has 4 rings (SSSR count). The van der Waals surface area contributed by atoms with Gasteiger partial charge in [-0.25, -0.2) is 0 Å². The molecule has 4 nitrogen and oxygen atoms in total. The van der Waals surface area contributed by atoms with Crippen LogP contribution in [0, 0.1) is 0 Å². The van der Waals surface area contributed by atoms with Gasteiger partial charge in [0.25, 0.3) is 5.91 Å². The number of rotatable bonds is 8. The number of carbonyl (C=O) groups excluding carboxylic acids is 1. The molecule has 3 aromatic rings. The molecule has 2 unspecified atom stereocenters. The second-order valence-electron chi connectivity index (χ2n) is 8.21. The SMILES string of the molecule is O=C(COc1ccc2ccc(C(CCO)c3cccc(Cl)c3)cc2c1)NC1C=CCCC1. The molecule has 2 atom stereocenters. The Morgan fingerprint density at radius 1 is 1.09 bits per heavy atom. The standard InChI is InChI=1S/C27H28ClNO3/c28-23-6-4-5-20(16-23)26(13-14-30)21-10-9-19-11-12-25(17-22(19)15-21)32-18-27(31)29-24-7-2-1-3-8-24/h2,4-7,9-12,15-17,24,26,30H,1,3,8,13-14,18H2,(H,29,31). The molecular formula is C27H28ClNO3. The Kier molecular flexibility index (Phi) is 7.46. The maximum atomic E-state index is 12.2. The van der Waals surface area contributed by atoms with Gasteiger partial charge in [-0.05, 0) is 71.8 Å². The minimum absolute atomic E-state index is 0.00874. The zero-order valence-corrected chi connectivity index (χ0v) is 18.7. The van der Waals surface area contributed by atoms with Gasteiger partial charge in [0.1, 0.15) is 5.75 Å². The predicted octanol–water partition coefficient (Wildman–Crippen LogP) is 5.61. The fourth-order valence-corrected chi connectivity index (χ4v) is 4.46. The highest BCUT2D eigenvalue weighted by Crippen LogP contribution is 2.32. The van der Waals surface area contributed by atoms with Gasteiger partial charge in [0, 0.05) is 23.6 Å². The van der Waals surface area contributed by atoms with Crippen molar-refractivity contribution in [3.63, 3.8) is 0 Å². The lowest BCUT2D eigenvalue weighted by molar-refractivity contribution is -0.123. The average Bonchev–Trinajstić information content (AvgIpc) is 2.81. The fourth-order valence-electron chi connectivity index (χ4n) is 4.26. The smallest absolute Gasteiger partial charge is 0.258 e. The van der Waals surface area contributed by atoms with E-state index in [-0.39, 0.29) is 31.1 Å². The second-order valence-corrected chi connectivity index (χ2v) is 8.65. The number of fused-ring (bicyclic) bond motifs is 1. The Hall–Kier alpha value is -2.82. The number of carbonyl (C=O) groups is 1. The van der Waals surface area contributed by atoms with E-state index in [1.807, 2.05) is 42.5 Å². The fraction of sp³-hybridized carbons (Fsp3) is 0.296. The normalized spacial score (nSPS) is 16.6. The van der Waals surface area contributed by atoms with Crippen LogP contribution in [0.5, 0.6) is 5.75 Å². The molecule has 1 amide bonds. The van der Waals surface area contributed by atoms with Crippen LogP contribution in [0.25, 0.3) is 10.8 Å². The lowest BCUT2D eigenvalue weighted by Gasteiger charge is -2.19. The molecule has 3 aromatic carbocycles. The summed E-state index contributed by atoms with van der Waals surface area (Å²) >= 11 is 6.20. The first-order valence-corrected chi connectivity index (χ1v) is 11.5. The zero-order chi connectivity index (χ0) is 22.3. The molecule has 166 valence electrons. The predicted molar refractivity (Wildman–Crippen MR) is 129 cm³/mol. The highest BCUT2D eigenvalue weighted by Gasteiger charge is 2.15. The third kappa shape index (κ3) is 5.70. The van der Waals surface area contributed by atoms with E-state index in [0.717, 1.165) is 41.2 Å². The Bertz CT molecular complexity index is 1110. The molecule has 0 fully saturated rings. The van der Waals surface area contributed by atoms with Gasteiger partial charge >= 0.3 is 0 Å². The van der Waals surface area contributed by atoms with E-state index in [0.29, 0.717) is 17.2 Å². The highest BCUT2D eigenvalue weighted by atomic mass is 35.5. The largest absolute Gasteiger partial charge is 0.484 e. The molecule has 1 aliphatic rings. The van der Waals surface area contributed by atoms with Crippen molar-refractivity contribution in [2.24, 2.45) is 0 Å². The van der Waals surface area contributed by atoms with Gasteiger partial charge in [-0.3, -0.25) is 4.79 Å². The molecule has 5 heteroatoms. The van der Waals surface area contributed by atoms with E-state index in [9.17, 15) is 9.90 Å². The molecule has 0 aromatic heterocycles. The van der Waals surface area contributed by atoms with Crippen molar-refractivity contribution in [3.05, 3.63) is 89.0 Å². The molecule has 0 heterocycles. The Morgan fingerprint density at radius 3 is 2.72 bits per heavy atom. The summed E-state index contributed by atoms with van der Waals surface area (Å²) in [5, 5.41) is 15.4. The van der Waals surface area contributed by atoms with Gasteiger partial charge in [0.15, 0.2) is 6.61 Å². The van der Waals surface area contributed by atoms with Gasteiger partial charge in [-0.15, -0.1) is 0 Å². The number of allylic oxidation sites excluding steroid dienone is 1. The summed E-state index contributed by atoms with van der Waals surface area (Å²) < 4.78 is 5.77. The summed E-state index contributed by atoms with van der Waals surface area (Å²) in [5.74, 6) is 0.590. The first-order chi connectivity index (χ1) is 15.6. The number of hydrogen-bond donors (Lipinski definition) is 2. The van der Waals surface area contributed by atoms with Crippen molar-refractivity contribution in [3.8, 4) is 5.75 Å². The van der Waals surface area contributed by atoms with Crippen LogP contribution < -0.4 is 10.1 Å². The van der Waals surface area contributed by atoms with Crippen LogP contribution in [0.1, 0.15) is 42.7 Å². The van der Waals surface area contributed by atoms with E-state index in [4.69, 9.17) is 16.3 Å². The summed E-state index contributed by atoms with van der Waals surface area (Å²) in [4.78, 5) is 12.2. The summed E-state index contributed by atoms with van der Waals surface area (Å²) in [6, 6.07) is 20.0. The van der Waals surface area contributed by atoms with E-state index < -0.39 is 0 Å². The number of halogens is 1. The van der Waals surface area contributed by atoms with E-state index >= 15 is 0 Å². The third-order valence-corrected chi connectivity index (χ3v) is 6.11. The molecule has 0 saturated heterocycles. The first kappa shape index (κ1) is 22.4. The van der Waals surface area contributed by atoms with Crippen LogP contribution in [-0.4, -0.2) is 30.3 Å². The lowest BCUT2D eigenvalue weighted by atomic mass is 9.87. The molecule has 32 heavy (non-hydrogen) atoms. The van der Waals surface area contributed by atoms with Gasteiger partial charge in [0.05, 0.1) is 0 Å². The number of hydrogen-bond acceptors (Lipinski definition) is 3. The molecule has 1 aliphatic carbocycles. The van der Waals surface area contributed by atoms with Crippen molar-refractivity contribution < 1.29 is 14.6 Å². The summed E-state index contributed by atoms with van der Waals surface area (Å²) in [6.45, 7) is 0.0782. The van der Waals surface area contributed by atoms with Crippen molar-refractivity contribution in [2.45, 2.75) is 37.6 Å². The number of ether oxygens (including phenoxy) is 1. The van der Waals surface area contributed by atoms with E-state index in [1.165, 1.54) is 0 Å². The van der Waals surface area contributed by atoms with Crippen LogP contribution >= 0.6 is 11.6 Å². The van der Waals surface area contributed by atoms with Crippen LogP contribution in [0.15, 0.2) is 72.8 Å². The monoisotopic (exact) mass is 449 g/mol. The summed E-state index contributed by atoms with van der Waals surface area (Å²) in [6.07, 6.45) is 7.94. The van der Waals surface area contributed by atoms with Crippen LogP contribution in [0.3, 0.4) is 0 Å². The zero-order valence-electron chi connectivity index (χ0n) is 18.0. The number of benzene rings is 3. The van der Waals surface area contributed by atoms with E-state index in [1.54, 1.807) is 0 Å². The highest BCUT2D eigenvalue weighted by molar-refractivity contribution is 6.30. The van der Waals surface area contributed by atoms with Gasteiger partial charge in [-0.2, -0.15) is 0 Å². The van der Waals surface area contributed by atoms with Crippen LogP contribution in [-0.2, 0) is 4.79 Å². The topological polar surface area (TPSA) is 58.6 Å². The van der Waals surface area contributed by atoms with Crippen LogP contribution in [0.2, 0.25) is 5.02 Å². The Morgan fingerprint density at radius 2 is 1.94 bits per heavy atom. The maximum absolute atomic E-state index is 12.2. The average molecular weight is 450 g/mol. The van der Waals surface area contributed by atoms with Crippen LogP contribution in [0.4, 0.5) is 0 Å². The molecular weight excluding hydrogens is 422 g/mol. The molecule has 0 spiro atoms. The number of aliphatic hydroxyl groups excluding tert-OH is 1. The Labute approximate surface area is 193 Å². The number of amides is 1. The maximum Gasteiger partial charge on any atom is 0.258 e. The van der Waals surface area contributed by atoms with E-state index in [2.05, 4.69) is 35.7 Å². The molecule has 0 radical (unpaired) electrons. The van der Waals surface area contributed by atoms with Gasteiger partial charge < -0.3 is 15.2 Å². The quantitative estimate of drug-likeness (QED) is 0.439. The minimum Gasteiger partial charge on any atom is -0.484 e. The third-order valence-electron chi connectivity index (χ3n) is 5.88. The van der Waals surface area contributed by atoms with Crippen molar-refractivity contribution >= 4 is 28.3 Å². The van der Waals surface area contributed by atoms with Gasteiger partial charge in [0.2, 0.25) is 0 Å². The molecule has 0 saturated carbocycles. The summed E-state index contributed by atoms with van der Waals surface area (Å²) in [5.41, 5.74) is 2.18. The molecule has 0 bridgehead atoms. The van der Waals surface area contributed by atoms with Gasteiger partial charge in [-0.1, -0.05) is 60.2 Å². The Balaban J connectivity index is 1.49. The first-order valence-electron chi connectivity index (χ1n) is 11.1. The van der Waals surface area contributed by atoms with Crippen molar-refractivity contribution in [1.29, 1.82) is 0 Å². The number of nitrogens with one attached hydrogen (secondary N) is 1. The lowest BCUT2D eigenvalue weighted by Crippen LogP contribution is -2.37. The summed E-state index contributed by atoms with van der Waals surface area (Å²) in [7, 11) is 0. The van der Waals surface area contributed by atoms with Crippen molar-refractivity contribution in [1.82, 2.24) is 5.32 Å². The van der Waals surface area contributed by atoms with Crippen molar-refractivity contribution in [2.75, 3.05) is 13.2 Å².